The van der Waals surface area contributed by atoms with Crippen LogP contribution in [0.3, 0.4) is 0 Å². The summed E-state index contributed by atoms with van der Waals surface area (Å²) in [4.78, 5) is 14.7. The van der Waals surface area contributed by atoms with E-state index in [2.05, 4.69) is 29.2 Å². The van der Waals surface area contributed by atoms with Crippen LogP contribution in [0, 0.1) is 0 Å². The van der Waals surface area contributed by atoms with Gasteiger partial charge in [-0.25, -0.2) is 0 Å². The Bertz CT molecular complexity index is 1030. The van der Waals surface area contributed by atoms with Crippen LogP contribution in [0.1, 0.15) is 23.1 Å². The minimum atomic E-state index is -0.348. The first-order valence-electron chi connectivity index (χ1n) is 11.5. The summed E-state index contributed by atoms with van der Waals surface area (Å²) in [6.07, 6.45) is -0.504. The fourth-order valence-electron chi connectivity index (χ4n) is 4.76. The number of likely N-dealkylation sites (tertiary alicyclic amines) is 1. The van der Waals surface area contributed by atoms with Gasteiger partial charge in [0.2, 0.25) is 0 Å². The van der Waals surface area contributed by atoms with Gasteiger partial charge in [0.1, 0.15) is 18.3 Å². The summed E-state index contributed by atoms with van der Waals surface area (Å²) in [6, 6.07) is 30.5. The maximum Gasteiger partial charge on any atom is 0.307 e. The van der Waals surface area contributed by atoms with Gasteiger partial charge in [-0.05, 0) is 16.7 Å². The van der Waals surface area contributed by atoms with E-state index in [1.807, 2.05) is 66.7 Å². The monoisotopic (exact) mass is 443 g/mol. The number of carbonyl (C=O) groups is 1. The van der Waals surface area contributed by atoms with E-state index < -0.39 is 0 Å². The minimum Gasteiger partial charge on any atom is -0.458 e. The number of nitrogens with zero attached hydrogens (tertiary/aromatic N) is 1. The molecule has 3 aromatic carbocycles. The zero-order chi connectivity index (χ0) is 22.5. The number of rotatable bonds is 8. The van der Waals surface area contributed by atoms with Gasteiger partial charge in [-0.15, -0.1) is 0 Å². The van der Waals surface area contributed by atoms with Crippen molar-refractivity contribution in [3.8, 4) is 0 Å². The van der Waals surface area contributed by atoms with E-state index in [-0.39, 0.29) is 30.3 Å². The van der Waals surface area contributed by atoms with Gasteiger partial charge in [0.15, 0.2) is 0 Å². The van der Waals surface area contributed by atoms with E-state index in [0.29, 0.717) is 26.2 Å². The van der Waals surface area contributed by atoms with Gasteiger partial charge in [-0.1, -0.05) is 91.0 Å². The van der Waals surface area contributed by atoms with Crippen LogP contribution in [0.2, 0.25) is 0 Å². The molecule has 2 saturated heterocycles. The first kappa shape index (κ1) is 21.8. The van der Waals surface area contributed by atoms with Crippen molar-refractivity contribution in [3.63, 3.8) is 0 Å². The SMILES string of the molecule is O=C1C[C@@H]2[C@@H](O1)[C@H](OCc1ccccc1)[C@@H](OCc1ccccc1)CN2Cc1ccccc1. The van der Waals surface area contributed by atoms with Gasteiger partial charge >= 0.3 is 5.97 Å². The van der Waals surface area contributed by atoms with Crippen molar-refractivity contribution < 1.29 is 19.0 Å². The highest BCUT2D eigenvalue weighted by atomic mass is 16.6. The maximum absolute atomic E-state index is 12.4. The molecule has 2 aliphatic heterocycles. The lowest BCUT2D eigenvalue weighted by molar-refractivity contribution is -0.184. The van der Waals surface area contributed by atoms with Crippen molar-refractivity contribution in [2.75, 3.05) is 6.54 Å². The molecule has 0 saturated carbocycles. The third-order valence-corrected chi connectivity index (χ3v) is 6.42. The average Bonchev–Trinajstić information content (AvgIpc) is 3.26. The van der Waals surface area contributed by atoms with Gasteiger partial charge in [-0.2, -0.15) is 0 Å². The van der Waals surface area contributed by atoms with Crippen molar-refractivity contribution >= 4 is 5.97 Å². The Balaban J connectivity index is 1.37. The standard InChI is InChI=1S/C28H29NO4/c30-26-16-24-27(33-26)28(32-20-23-14-8-3-9-15-23)25(31-19-22-12-6-2-7-13-22)18-29(24)17-21-10-4-1-5-11-21/h1-15,24-25,27-28H,16-20H2/t24-,25+,27-,28-/m1/s1. The molecule has 0 amide bonds. The number of ether oxygens (including phenoxy) is 3. The molecule has 2 aliphatic rings. The Morgan fingerprint density at radius 1 is 0.758 bits per heavy atom. The molecular formula is C28H29NO4. The number of hydrogen-bond acceptors (Lipinski definition) is 5. The fraction of sp³-hybridized carbons (Fsp3) is 0.321. The molecule has 4 atom stereocenters. The number of piperidine rings is 1. The summed E-state index contributed by atoms with van der Waals surface area (Å²) >= 11 is 0. The third kappa shape index (κ3) is 5.33. The highest BCUT2D eigenvalue weighted by Gasteiger charge is 2.51. The van der Waals surface area contributed by atoms with Gasteiger partial charge < -0.3 is 14.2 Å². The van der Waals surface area contributed by atoms with Crippen LogP contribution in [0.4, 0.5) is 0 Å². The van der Waals surface area contributed by atoms with E-state index in [0.717, 1.165) is 17.7 Å². The highest BCUT2D eigenvalue weighted by Crippen LogP contribution is 2.34. The first-order valence-corrected chi connectivity index (χ1v) is 11.5. The molecule has 170 valence electrons. The Morgan fingerprint density at radius 3 is 1.91 bits per heavy atom. The Hall–Kier alpha value is -2.99. The van der Waals surface area contributed by atoms with E-state index in [4.69, 9.17) is 14.2 Å². The lowest BCUT2D eigenvalue weighted by atomic mass is 9.92. The number of hydrogen-bond donors (Lipinski definition) is 0. The zero-order valence-electron chi connectivity index (χ0n) is 18.6. The Kier molecular flexibility index (Phi) is 6.81. The minimum absolute atomic E-state index is 0.0185. The van der Waals surface area contributed by atoms with Crippen LogP contribution in [-0.4, -0.2) is 41.8 Å². The highest BCUT2D eigenvalue weighted by molar-refractivity contribution is 5.73. The number of carbonyl (C=O) groups excluding carboxylic acids is 1. The predicted molar refractivity (Wildman–Crippen MR) is 125 cm³/mol. The fourth-order valence-corrected chi connectivity index (χ4v) is 4.76. The Labute approximate surface area is 194 Å². The number of fused-ring (bicyclic) bond motifs is 1. The molecule has 2 heterocycles. The van der Waals surface area contributed by atoms with Crippen molar-refractivity contribution in [1.29, 1.82) is 0 Å². The normalized spacial score (nSPS) is 24.9. The average molecular weight is 444 g/mol. The molecule has 3 aromatic rings. The zero-order valence-corrected chi connectivity index (χ0v) is 18.6. The van der Waals surface area contributed by atoms with E-state index >= 15 is 0 Å². The van der Waals surface area contributed by atoms with Crippen molar-refractivity contribution in [3.05, 3.63) is 108 Å². The molecule has 5 heteroatoms. The van der Waals surface area contributed by atoms with Gasteiger partial charge in [0.25, 0.3) is 0 Å². The summed E-state index contributed by atoms with van der Waals surface area (Å²) in [5, 5.41) is 0. The lowest BCUT2D eigenvalue weighted by Crippen LogP contribution is -2.60. The second-order valence-electron chi connectivity index (χ2n) is 8.74. The van der Waals surface area contributed by atoms with Crippen LogP contribution >= 0.6 is 0 Å². The quantitative estimate of drug-likeness (QED) is 0.484. The van der Waals surface area contributed by atoms with Crippen molar-refractivity contribution in [2.24, 2.45) is 0 Å². The van der Waals surface area contributed by atoms with E-state index in [1.165, 1.54) is 5.56 Å². The second kappa shape index (κ2) is 10.3. The number of esters is 1. The largest absolute Gasteiger partial charge is 0.458 e. The summed E-state index contributed by atoms with van der Waals surface area (Å²) in [5.74, 6) is -0.167. The van der Waals surface area contributed by atoms with E-state index in [9.17, 15) is 4.79 Å². The molecule has 0 spiro atoms. The van der Waals surface area contributed by atoms with Crippen molar-refractivity contribution in [1.82, 2.24) is 4.90 Å². The molecule has 0 aliphatic carbocycles. The summed E-state index contributed by atoms with van der Waals surface area (Å²) in [5.41, 5.74) is 3.41. The Morgan fingerprint density at radius 2 is 1.30 bits per heavy atom. The molecular weight excluding hydrogens is 414 g/mol. The molecule has 33 heavy (non-hydrogen) atoms. The summed E-state index contributed by atoms with van der Waals surface area (Å²) < 4.78 is 18.7. The predicted octanol–water partition coefficient (Wildman–Crippen LogP) is 4.36. The third-order valence-electron chi connectivity index (χ3n) is 6.42. The van der Waals surface area contributed by atoms with Crippen molar-refractivity contribution in [2.45, 2.75) is 50.5 Å². The molecule has 0 N–H and O–H groups in total. The lowest BCUT2D eigenvalue weighted by Gasteiger charge is -2.44. The summed E-state index contributed by atoms with van der Waals surface area (Å²) in [6.45, 7) is 2.37. The molecule has 0 unspecified atom stereocenters. The van der Waals surface area contributed by atoms with E-state index in [1.54, 1.807) is 0 Å². The van der Waals surface area contributed by atoms with Crippen LogP contribution < -0.4 is 0 Å². The molecule has 2 fully saturated rings. The van der Waals surface area contributed by atoms with Crippen LogP contribution in [0.5, 0.6) is 0 Å². The smallest absolute Gasteiger partial charge is 0.307 e. The van der Waals surface area contributed by atoms with Gasteiger partial charge in [0.05, 0.1) is 25.7 Å². The number of benzene rings is 3. The summed E-state index contributed by atoms with van der Waals surface area (Å²) in [7, 11) is 0. The van der Waals surface area contributed by atoms with Gasteiger partial charge in [-0.3, -0.25) is 9.69 Å². The molecule has 0 bridgehead atoms. The second-order valence-corrected chi connectivity index (χ2v) is 8.74. The van der Waals surface area contributed by atoms with Gasteiger partial charge in [0, 0.05) is 13.1 Å². The maximum atomic E-state index is 12.4. The molecule has 5 nitrogen and oxygen atoms in total. The molecule has 5 rings (SSSR count). The van der Waals surface area contributed by atoms with Crippen LogP contribution in [-0.2, 0) is 38.8 Å². The van der Waals surface area contributed by atoms with Crippen LogP contribution in [0.25, 0.3) is 0 Å². The topological polar surface area (TPSA) is 48.0 Å². The molecule has 0 radical (unpaired) electrons. The van der Waals surface area contributed by atoms with Crippen LogP contribution in [0.15, 0.2) is 91.0 Å². The first-order chi connectivity index (χ1) is 16.3. The molecule has 0 aromatic heterocycles.